The highest BCUT2D eigenvalue weighted by Gasteiger charge is 2.15. The van der Waals surface area contributed by atoms with Crippen LogP contribution in [0.1, 0.15) is 0 Å². The Labute approximate surface area is 172 Å². The average molecular weight is 384 g/mol. The van der Waals surface area contributed by atoms with Crippen LogP contribution in [-0.4, -0.2) is 19.9 Å². The van der Waals surface area contributed by atoms with E-state index in [4.69, 9.17) is 0 Å². The molecule has 6 rings (SSSR count). The monoisotopic (exact) mass is 384 g/mol. The molecule has 140 valence electrons. The highest BCUT2D eigenvalue weighted by molar-refractivity contribution is 6.25. The number of nitrogens with zero attached hydrogens (tertiary/aromatic N) is 4. The first kappa shape index (κ1) is 16.7. The van der Waals surface area contributed by atoms with E-state index in [1.807, 2.05) is 12.1 Å². The number of fused-ring (bicyclic) bond motifs is 5. The highest BCUT2D eigenvalue weighted by Crippen LogP contribution is 2.40. The van der Waals surface area contributed by atoms with Gasteiger partial charge < -0.3 is 0 Å². The molecule has 4 nitrogen and oxygen atoms in total. The van der Waals surface area contributed by atoms with Crippen LogP contribution in [-0.2, 0) is 0 Å². The van der Waals surface area contributed by atoms with Gasteiger partial charge in [0.1, 0.15) is 0 Å². The van der Waals surface area contributed by atoms with Crippen molar-refractivity contribution in [2.45, 2.75) is 0 Å². The Balaban J connectivity index is 1.82. The predicted molar refractivity (Wildman–Crippen MR) is 121 cm³/mol. The summed E-state index contributed by atoms with van der Waals surface area (Å²) in [4.78, 5) is 18.1. The lowest BCUT2D eigenvalue weighted by Crippen LogP contribution is -1.93. The number of aromatic nitrogens is 4. The summed E-state index contributed by atoms with van der Waals surface area (Å²) in [6, 6.07) is 25.0. The molecular formula is C26H16N4. The third kappa shape index (κ3) is 2.54. The molecule has 6 aromatic rings. The molecule has 0 amide bonds. The van der Waals surface area contributed by atoms with Crippen molar-refractivity contribution >= 4 is 32.3 Å². The van der Waals surface area contributed by atoms with Crippen molar-refractivity contribution in [1.29, 1.82) is 0 Å². The Morgan fingerprint density at radius 3 is 1.27 bits per heavy atom. The smallest absolute Gasteiger partial charge is 0.159 e. The van der Waals surface area contributed by atoms with E-state index < -0.39 is 0 Å². The van der Waals surface area contributed by atoms with Gasteiger partial charge in [0.25, 0.3) is 0 Å². The fourth-order valence-corrected chi connectivity index (χ4v) is 4.23. The van der Waals surface area contributed by atoms with Crippen LogP contribution in [0.15, 0.2) is 97.6 Å². The van der Waals surface area contributed by atoms with E-state index in [-0.39, 0.29) is 0 Å². The van der Waals surface area contributed by atoms with E-state index in [2.05, 4.69) is 80.6 Å². The molecule has 2 heterocycles. The van der Waals surface area contributed by atoms with Crippen molar-refractivity contribution < 1.29 is 0 Å². The molecule has 0 saturated heterocycles. The van der Waals surface area contributed by atoms with Crippen molar-refractivity contribution in [3.63, 3.8) is 0 Å². The second-order valence-corrected chi connectivity index (χ2v) is 7.18. The fraction of sp³-hybridized carbons (Fsp3) is 0. The molecule has 0 radical (unpaired) electrons. The highest BCUT2D eigenvalue weighted by atomic mass is 14.9. The zero-order chi connectivity index (χ0) is 19.9. The van der Waals surface area contributed by atoms with Gasteiger partial charge in [0.05, 0.1) is 0 Å². The Morgan fingerprint density at radius 1 is 0.433 bits per heavy atom. The minimum atomic E-state index is 0.723. The van der Waals surface area contributed by atoms with E-state index in [9.17, 15) is 0 Å². The largest absolute Gasteiger partial charge is 0.237 e. The molecule has 0 fully saturated rings. The molecule has 0 saturated carbocycles. The lowest BCUT2D eigenvalue weighted by atomic mass is 9.90. The standard InChI is InChI=1S/C26H16N4/c1-3-9-20-18(7-1)22(25-27-11-5-12-28-25)15-17-16-23(26-29-13-6-14-30-26)19-8-2-4-10-21(19)24(17)20/h1-16H. The zero-order valence-electron chi connectivity index (χ0n) is 16.0. The Morgan fingerprint density at radius 2 is 0.833 bits per heavy atom. The van der Waals surface area contributed by atoms with Gasteiger partial charge in [0, 0.05) is 35.9 Å². The Hall–Kier alpha value is -4.18. The summed E-state index contributed by atoms with van der Waals surface area (Å²) < 4.78 is 0. The van der Waals surface area contributed by atoms with Crippen molar-refractivity contribution in [3.8, 4) is 22.8 Å². The molecule has 0 bridgehead atoms. The summed E-state index contributed by atoms with van der Waals surface area (Å²) in [5, 5.41) is 7.01. The third-order valence-corrected chi connectivity index (χ3v) is 5.47. The fourth-order valence-electron chi connectivity index (χ4n) is 4.23. The molecule has 4 aromatic carbocycles. The average Bonchev–Trinajstić information content (AvgIpc) is 2.84. The van der Waals surface area contributed by atoms with Gasteiger partial charge in [0.2, 0.25) is 0 Å². The lowest BCUT2D eigenvalue weighted by molar-refractivity contribution is 1.18. The van der Waals surface area contributed by atoms with Crippen LogP contribution < -0.4 is 0 Å². The second kappa shape index (κ2) is 6.71. The second-order valence-electron chi connectivity index (χ2n) is 7.18. The summed E-state index contributed by atoms with van der Waals surface area (Å²) in [6.45, 7) is 0. The van der Waals surface area contributed by atoms with E-state index in [0.717, 1.165) is 38.9 Å². The van der Waals surface area contributed by atoms with Crippen LogP contribution in [0, 0.1) is 0 Å². The molecule has 0 aliphatic rings. The summed E-state index contributed by atoms with van der Waals surface area (Å²) in [7, 11) is 0. The van der Waals surface area contributed by atoms with Gasteiger partial charge in [-0.1, -0.05) is 48.5 Å². The molecule has 0 aliphatic heterocycles. The molecule has 0 spiro atoms. The maximum absolute atomic E-state index is 4.51. The summed E-state index contributed by atoms with van der Waals surface area (Å²) in [6.07, 6.45) is 7.13. The summed E-state index contributed by atoms with van der Waals surface area (Å²) in [5.41, 5.74) is 2.04. The van der Waals surface area contributed by atoms with E-state index >= 15 is 0 Å². The molecule has 30 heavy (non-hydrogen) atoms. The SMILES string of the molecule is c1cnc(-c2cc3cc(-c4ncccn4)c4ccccc4c3c3ccccc23)nc1. The first-order chi connectivity index (χ1) is 14.9. The normalized spacial score (nSPS) is 11.3. The lowest BCUT2D eigenvalue weighted by Gasteiger charge is -2.14. The molecular weight excluding hydrogens is 368 g/mol. The first-order valence-corrected chi connectivity index (χ1v) is 9.82. The van der Waals surface area contributed by atoms with Gasteiger partial charge in [-0.3, -0.25) is 0 Å². The van der Waals surface area contributed by atoms with Crippen LogP contribution in [0.3, 0.4) is 0 Å². The van der Waals surface area contributed by atoms with Crippen LogP contribution in [0.25, 0.3) is 55.1 Å². The van der Waals surface area contributed by atoms with Crippen molar-refractivity contribution in [2.75, 3.05) is 0 Å². The quantitative estimate of drug-likeness (QED) is 0.341. The minimum absolute atomic E-state index is 0.723. The third-order valence-electron chi connectivity index (χ3n) is 5.47. The van der Waals surface area contributed by atoms with Gasteiger partial charge >= 0.3 is 0 Å². The molecule has 0 unspecified atom stereocenters. The van der Waals surface area contributed by atoms with Gasteiger partial charge in [-0.05, 0) is 56.6 Å². The zero-order valence-corrected chi connectivity index (χ0v) is 16.0. The molecule has 0 N–H and O–H groups in total. The molecule has 0 atom stereocenters. The summed E-state index contributed by atoms with van der Waals surface area (Å²) >= 11 is 0. The van der Waals surface area contributed by atoms with Crippen LogP contribution in [0.5, 0.6) is 0 Å². The van der Waals surface area contributed by atoms with Crippen LogP contribution in [0.2, 0.25) is 0 Å². The maximum Gasteiger partial charge on any atom is 0.159 e. The Kier molecular flexibility index (Phi) is 3.74. The van der Waals surface area contributed by atoms with Gasteiger partial charge in [0.15, 0.2) is 11.6 Å². The van der Waals surface area contributed by atoms with E-state index in [1.54, 1.807) is 24.8 Å². The Bertz CT molecular complexity index is 1410. The number of benzene rings is 4. The van der Waals surface area contributed by atoms with Gasteiger partial charge in [-0.25, -0.2) is 19.9 Å². The number of hydrogen-bond acceptors (Lipinski definition) is 4. The van der Waals surface area contributed by atoms with Gasteiger partial charge in [-0.2, -0.15) is 0 Å². The van der Waals surface area contributed by atoms with Gasteiger partial charge in [-0.15, -0.1) is 0 Å². The maximum atomic E-state index is 4.51. The first-order valence-electron chi connectivity index (χ1n) is 9.82. The number of rotatable bonds is 2. The van der Waals surface area contributed by atoms with Crippen LogP contribution >= 0.6 is 0 Å². The van der Waals surface area contributed by atoms with Crippen LogP contribution in [0.4, 0.5) is 0 Å². The minimum Gasteiger partial charge on any atom is -0.237 e. The molecule has 4 heteroatoms. The predicted octanol–water partition coefficient (Wildman–Crippen LogP) is 6.06. The van der Waals surface area contributed by atoms with E-state index in [1.165, 1.54) is 16.2 Å². The molecule has 2 aromatic heterocycles. The van der Waals surface area contributed by atoms with Crippen molar-refractivity contribution in [2.24, 2.45) is 0 Å². The van der Waals surface area contributed by atoms with Crippen molar-refractivity contribution in [1.82, 2.24) is 19.9 Å². The topological polar surface area (TPSA) is 51.6 Å². The van der Waals surface area contributed by atoms with Crippen molar-refractivity contribution in [3.05, 3.63) is 97.6 Å². The van der Waals surface area contributed by atoms with E-state index in [0.29, 0.717) is 0 Å². The number of hydrogen-bond donors (Lipinski definition) is 0. The summed E-state index contributed by atoms with van der Waals surface area (Å²) in [5.74, 6) is 1.45. The molecule has 0 aliphatic carbocycles.